The zero-order valence-corrected chi connectivity index (χ0v) is 13.1. The van der Waals surface area contributed by atoms with Gasteiger partial charge in [-0.2, -0.15) is 10.5 Å². The highest BCUT2D eigenvalue weighted by Gasteiger charge is 2.18. The molecule has 0 spiro atoms. The molecule has 1 N–H and O–H groups in total. The highest BCUT2D eigenvalue weighted by molar-refractivity contribution is 5.57. The van der Waals surface area contributed by atoms with Crippen molar-refractivity contribution in [2.75, 3.05) is 36.4 Å². The molecular formula is C17H21N5. The molecule has 1 saturated heterocycles. The summed E-state index contributed by atoms with van der Waals surface area (Å²) in [4.78, 5) is 4.87. The van der Waals surface area contributed by atoms with E-state index in [0.717, 1.165) is 31.9 Å². The Hall–Kier alpha value is -2.50. The molecule has 1 aliphatic rings. The predicted molar refractivity (Wildman–Crippen MR) is 88.3 cm³/mol. The lowest BCUT2D eigenvalue weighted by molar-refractivity contribution is 0.209. The molecule has 0 bridgehead atoms. The summed E-state index contributed by atoms with van der Waals surface area (Å²) >= 11 is 0. The van der Waals surface area contributed by atoms with E-state index < -0.39 is 0 Å². The standard InChI is InChI=1S/C17H21N5/c1-14(2)21-7-9-22(10-8-21)17-5-3-16(4-6-17)20-13-15(11-18)12-19/h3-6,13-14,20H,7-10H2,1-2H3. The van der Waals surface area contributed by atoms with Gasteiger partial charge in [0.1, 0.15) is 17.7 Å². The highest BCUT2D eigenvalue weighted by Crippen LogP contribution is 2.20. The molecule has 22 heavy (non-hydrogen) atoms. The number of anilines is 2. The Morgan fingerprint density at radius 2 is 1.68 bits per heavy atom. The quantitative estimate of drug-likeness (QED) is 0.865. The molecule has 0 aromatic heterocycles. The number of nitrogens with one attached hydrogen (secondary N) is 1. The third-order valence-electron chi connectivity index (χ3n) is 3.90. The number of nitriles is 2. The van der Waals surface area contributed by atoms with Gasteiger partial charge in [0, 0.05) is 49.8 Å². The van der Waals surface area contributed by atoms with Crippen LogP contribution in [0.4, 0.5) is 11.4 Å². The normalized spacial score (nSPS) is 15.0. The number of hydrogen-bond acceptors (Lipinski definition) is 5. The largest absolute Gasteiger partial charge is 0.369 e. The molecule has 0 radical (unpaired) electrons. The van der Waals surface area contributed by atoms with Crippen molar-refractivity contribution >= 4 is 11.4 Å². The fraction of sp³-hybridized carbons (Fsp3) is 0.412. The first-order chi connectivity index (χ1) is 10.6. The molecule has 0 atom stereocenters. The zero-order valence-electron chi connectivity index (χ0n) is 13.1. The van der Waals surface area contributed by atoms with Crippen molar-refractivity contribution in [3.8, 4) is 12.1 Å². The first-order valence-electron chi connectivity index (χ1n) is 7.50. The van der Waals surface area contributed by atoms with E-state index in [9.17, 15) is 0 Å². The Labute approximate surface area is 132 Å². The minimum Gasteiger partial charge on any atom is -0.369 e. The zero-order chi connectivity index (χ0) is 15.9. The average Bonchev–Trinajstić information content (AvgIpc) is 2.56. The third kappa shape index (κ3) is 4.00. The van der Waals surface area contributed by atoms with Crippen LogP contribution in [-0.4, -0.2) is 37.1 Å². The van der Waals surface area contributed by atoms with E-state index in [1.807, 2.05) is 24.3 Å². The van der Waals surface area contributed by atoms with Crippen molar-refractivity contribution in [2.45, 2.75) is 19.9 Å². The van der Waals surface area contributed by atoms with Gasteiger partial charge in [-0.3, -0.25) is 4.90 Å². The Balaban J connectivity index is 1.94. The van der Waals surface area contributed by atoms with Gasteiger partial charge >= 0.3 is 0 Å². The molecule has 1 aromatic rings. The molecule has 1 heterocycles. The summed E-state index contributed by atoms with van der Waals surface area (Å²) < 4.78 is 0. The van der Waals surface area contributed by atoms with Crippen LogP contribution in [0.25, 0.3) is 0 Å². The van der Waals surface area contributed by atoms with E-state index in [4.69, 9.17) is 10.5 Å². The Morgan fingerprint density at radius 1 is 1.09 bits per heavy atom. The van der Waals surface area contributed by atoms with Crippen molar-refractivity contribution in [1.29, 1.82) is 10.5 Å². The summed E-state index contributed by atoms with van der Waals surface area (Å²) in [6, 6.07) is 12.3. The maximum absolute atomic E-state index is 8.69. The van der Waals surface area contributed by atoms with Crippen molar-refractivity contribution < 1.29 is 0 Å². The lowest BCUT2D eigenvalue weighted by atomic mass is 10.2. The van der Waals surface area contributed by atoms with Gasteiger partial charge in [-0.25, -0.2) is 0 Å². The summed E-state index contributed by atoms with van der Waals surface area (Å²) in [5, 5.41) is 20.3. The van der Waals surface area contributed by atoms with Crippen LogP contribution in [-0.2, 0) is 0 Å². The van der Waals surface area contributed by atoms with E-state index in [-0.39, 0.29) is 5.57 Å². The molecular weight excluding hydrogens is 274 g/mol. The smallest absolute Gasteiger partial charge is 0.145 e. The van der Waals surface area contributed by atoms with Crippen molar-refractivity contribution in [2.24, 2.45) is 0 Å². The van der Waals surface area contributed by atoms with Crippen LogP contribution in [0, 0.1) is 22.7 Å². The molecule has 1 aliphatic heterocycles. The maximum Gasteiger partial charge on any atom is 0.145 e. The highest BCUT2D eigenvalue weighted by atomic mass is 15.3. The summed E-state index contributed by atoms with van der Waals surface area (Å²) in [5.74, 6) is 0. The van der Waals surface area contributed by atoms with Gasteiger partial charge in [0.05, 0.1) is 0 Å². The molecule has 1 fully saturated rings. The van der Waals surface area contributed by atoms with Crippen LogP contribution < -0.4 is 10.2 Å². The second-order valence-corrected chi connectivity index (χ2v) is 5.59. The number of piperazine rings is 1. The van der Waals surface area contributed by atoms with Gasteiger partial charge in [-0.05, 0) is 38.1 Å². The number of hydrogen-bond donors (Lipinski definition) is 1. The second-order valence-electron chi connectivity index (χ2n) is 5.59. The molecule has 0 saturated carbocycles. The lowest BCUT2D eigenvalue weighted by Crippen LogP contribution is -2.48. The van der Waals surface area contributed by atoms with Crippen molar-refractivity contribution in [3.05, 3.63) is 36.0 Å². The fourth-order valence-corrected chi connectivity index (χ4v) is 2.51. The van der Waals surface area contributed by atoms with Crippen molar-refractivity contribution in [1.82, 2.24) is 4.90 Å². The Bertz CT molecular complexity index is 579. The van der Waals surface area contributed by atoms with Crippen LogP contribution in [0.1, 0.15) is 13.8 Å². The van der Waals surface area contributed by atoms with Crippen LogP contribution in [0.5, 0.6) is 0 Å². The van der Waals surface area contributed by atoms with Gasteiger partial charge in [0.15, 0.2) is 0 Å². The van der Waals surface area contributed by atoms with E-state index in [1.54, 1.807) is 0 Å². The number of benzene rings is 1. The van der Waals surface area contributed by atoms with Gasteiger partial charge in [-0.1, -0.05) is 0 Å². The van der Waals surface area contributed by atoms with E-state index in [2.05, 4.69) is 41.1 Å². The maximum atomic E-state index is 8.69. The average molecular weight is 295 g/mol. The minimum atomic E-state index is 0.0638. The first-order valence-corrected chi connectivity index (χ1v) is 7.50. The topological polar surface area (TPSA) is 66.1 Å². The SMILES string of the molecule is CC(C)N1CCN(c2ccc(NC=C(C#N)C#N)cc2)CC1. The van der Waals surface area contributed by atoms with E-state index in [1.165, 1.54) is 11.9 Å². The Morgan fingerprint density at radius 3 is 2.18 bits per heavy atom. The van der Waals surface area contributed by atoms with E-state index in [0.29, 0.717) is 6.04 Å². The van der Waals surface area contributed by atoms with Gasteiger partial charge in [-0.15, -0.1) is 0 Å². The molecule has 0 amide bonds. The first kappa shape index (κ1) is 15.9. The molecule has 1 aromatic carbocycles. The van der Waals surface area contributed by atoms with Gasteiger partial charge < -0.3 is 10.2 Å². The fourth-order valence-electron chi connectivity index (χ4n) is 2.51. The molecule has 114 valence electrons. The molecule has 5 heteroatoms. The number of nitrogens with zero attached hydrogens (tertiary/aromatic N) is 4. The monoisotopic (exact) mass is 295 g/mol. The van der Waals surface area contributed by atoms with E-state index >= 15 is 0 Å². The van der Waals surface area contributed by atoms with Crippen LogP contribution in [0.3, 0.4) is 0 Å². The molecule has 0 unspecified atom stereocenters. The van der Waals surface area contributed by atoms with Gasteiger partial charge in [0.2, 0.25) is 0 Å². The summed E-state index contributed by atoms with van der Waals surface area (Å²) in [6.45, 7) is 8.73. The van der Waals surface area contributed by atoms with Crippen LogP contribution in [0.2, 0.25) is 0 Å². The predicted octanol–water partition coefficient (Wildman–Crippen LogP) is 2.56. The molecule has 0 aliphatic carbocycles. The molecule has 5 nitrogen and oxygen atoms in total. The summed E-state index contributed by atoms with van der Waals surface area (Å²) in [6.07, 6.45) is 1.43. The minimum absolute atomic E-state index is 0.0638. The Kier molecular flexibility index (Phi) is 5.41. The number of allylic oxidation sites excluding steroid dienone is 1. The summed E-state index contributed by atoms with van der Waals surface area (Å²) in [5.41, 5.74) is 2.14. The summed E-state index contributed by atoms with van der Waals surface area (Å²) in [7, 11) is 0. The molecule has 2 rings (SSSR count). The second kappa shape index (κ2) is 7.49. The van der Waals surface area contributed by atoms with Gasteiger partial charge in [0.25, 0.3) is 0 Å². The van der Waals surface area contributed by atoms with Crippen LogP contribution >= 0.6 is 0 Å². The third-order valence-corrected chi connectivity index (χ3v) is 3.90. The van der Waals surface area contributed by atoms with Crippen LogP contribution in [0.15, 0.2) is 36.0 Å². The number of rotatable bonds is 4. The van der Waals surface area contributed by atoms with Crippen molar-refractivity contribution in [3.63, 3.8) is 0 Å². The lowest BCUT2D eigenvalue weighted by Gasteiger charge is -2.38.